The number of thiocarbonyl (C=S) groups is 1. The summed E-state index contributed by atoms with van der Waals surface area (Å²) in [4.78, 5) is 4.23. The van der Waals surface area contributed by atoms with Crippen molar-refractivity contribution in [2.75, 3.05) is 11.9 Å². The molecule has 0 aliphatic rings. The summed E-state index contributed by atoms with van der Waals surface area (Å²) in [6, 6.07) is 4.26. The number of anilines is 1. The lowest BCUT2D eigenvalue weighted by Crippen LogP contribution is -2.15. The molecular weight excluding hydrogens is 267 g/mol. The molecule has 5 nitrogen and oxygen atoms in total. The van der Waals surface area contributed by atoms with Crippen molar-refractivity contribution in [3.63, 3.8) is 0 Å². The van der Waals surface area contributed by atoms with Crippen molar-refractivity contribution in [3.8, 4) is 0 Å². The predicted molar refractivity (Wildman–Crippen MR) is 73.5 cm³/mol. The molecule has 0 aliphatic heterocycles. The third-order valence-electron chi connectivity index (χ3n) is 2.47. The maximum absolute atomic E-state index is 13.1. The van der Waals surface area contributed by atoms with Crippen molar-refractivity contribution < 1.29 is 8.91 Å². The second-order valence-electron chi connectivity index (χ2n) is 3.97. The molecule has 0 bridgehead atoms. The van der Waals surface area contributed by atoms with Crippen LogP contribution in [0.25, 0.3) is 0 Å². The van der Waals surface area contributed by atoms with Crippen LogP contribution in [0.2, 0.25) is 0 Å². The Morgan fingerprint density at radius 2 is 2.32 bits per heavy atom. The first-order valence-electron chi connectivity index (χ1n) is 5.68. The maximum atomic E-state index is 13.1. The molecule has 0 saturated carbocycles. The highest BCUT2D eigenvalue weighted by Gasteiger charge is 2.07. The number of hydrogen-bond acceptors (Lipinski definition) is 5. The molecule has 7 heteroatoms. The number of nitrogens with one attached hydrogen (secondary N) is 1. The van der Waals surface area contributed by atoms with Gasteiger partial charge in [0.05, 0.1) is 0 Å². The van der Waals surface area contributed by atoms with Gasteiger partial charge in [-0.25, -0.2) is 4.39 Å². The zero-order valence-electron chi connectivity index (χ0n) is 10.3. The van der Waals surface area contributed by atoms with Gasteiger partial charge in [0.15, 0.2) is 5.82 Å². The van der Waals surface area contributed by atoms with Gasteiger partial charge in [0, 0.05) is 24.2 Å². The maximum Gasteiger partial charge on any atom is 0.228 e. The van der Waals surface area contributed by atoms with E-state index in [-0.39, 0.29) is 10.8 Å². The lowest BCUT2D eigenvalue weighted by molar-refractivity contribution is 0.377. The monoisotopic (exact) mass is 280 g/mol. The van der Waals surface area contributed by atoms with Gasteiger partial charge in [0.1, 0.15) is 10.8 Å². The third kappa shape index (κ3) is 3.47. The van der Waals surface area contributed by atoms with Gasteiger partial charge in [0.25, 0.3) is 0 Å². The summed E-state index contributed by atoms with van der Waals surface area (Å²) in [5, 5.41) is 6.81. The molecule has 19 heavy (non-hydrogen) atoms. The summed E-state index contributed by atoms with van der Waals surface area (Å²) in [6.07, 6.45) is 0.564. The lowest BCUT2D eigenvalue weighted by Gasteiger charge is -2.10. The van der Waals surface area contributed by atoms with E-state index in [0.717, 1.165) is 0 Å². The Morgan fingerprint density at radius 3 is 2.95 bits per heavy atom. The van der Waals surface area contributed by atoms with Crippen molar-refractivity contribution in [3.05, 3.63) is 41.3 Å². The minimum absolute atomic E-state index is 0.149. The van der Waals surface area contributed by atoms with Gasteiger partial charge in [-0.05, 0) is 25.1 Å². The van der Waals surface area contributed by atoms with Crippen molar-refractivity contribution >= 4 is 22.9 Å². The van der Waals surface area contributed by atoms with E-state index in [1.54, 1.807) is 13.0 Å². The number of halogens is 1. The van der Waals surface area contributed by atoms with Crippen LogP contribution in [-0.4, -0.2) is 21.7 Å². The van der Waals surface area contributed by atoms with Crippen LogP contribution in [0.5, 0.6) is 0 Å². The first kappa shape index (κ1) is 13.4. The highest BCUT2D eigenvalue weighted by Crippen LogP contribution is 2.17. The van der Waals surface area contributed by atoms with Crippen molar-refractivity contribution in [1.82, 2.24) is 10.1 Å². The molecule has 1 heterocycles. The second-order valence-corrected chi connectivity index (χ2v) is 4.41. The van der Waals surface area contributed by atoms with Crippen LogP contribution in [-0.2, 0) is 6.42 Å². The summed E-state index contributed by atoms with van der Waals surface area (Å²) in [7, 11) is 0. The Balaban J connectivity index is 2.01. The van der Waals surface area contributed by atoms with Crippen LogP contribution >= 0.6 is 12.2 Å². The molecule has 0 unspecified atom stereocenters. The third-order valence-corrected chi connectivity index (χ3v) is 2.69. The molecule has 0 saturated heterocycles. The van der Waals surface area contributed by atoms with Gasteiger partial charge < -0.3 is 15.6 Å². The van der Waals surface area contributed by atoms with E-state index in [1.807, 2.05) is 0 Å². The molecule has 2 aromatic rings. The van der Waals surface area contributed by atoms with Crippen LogP contribution in [0.15, 0.2) is 22.7 Å². The lowest BCUT2D eigenvalue weighted by atomic mass is 10.1. The summed E-state index contributed by atoms with van der Waals surface area (Å²) >= 11 is 4.89. The van der Waals surface area contributed by atoms with E-state index in [4.69, 9.17) is 22.5 Å². The number of aryl methyl sites for hydroxylation is 1. The SMILES string of the molecule is Cc1noc(CCNc2ccc(F)cc2C(N)=S)n1. The van der Waals surface area contributed by atoms with Gasteiger partial charge in [-0.15, -0.1) is 0 Å². The Kier molecular flexibility index (Phi) is 4.06. The summed E-state index contributed by atoms with van der Waals surface area (Å²) in [5.41, 5.74) is 6.72. The van der Waals surface area contributed by atoms with Gasteiger partial charge in [0.2, 0.25) is 5.89 Å². The van der Waals surface area contributed by atoms with Crippen molar-refractivity contribution in [1.29, 1.82) is 0 Å². The number of nitrogens with zero attached hydrogens (tertiary/aromatic N) is 2. The summed E-state index contributed by atoms with van der Waals surface area (Å²) in [6.45, 7) is 2.31. The van der Waals surface area contributed by atoms with Crippen LogP contribution < -0.4 is 11.1 Å². The van der Waals surface area contributed by atoms with E-state index in [0.29, 0.717) is 35.9 Å². The fourth-order valence-corrected chi connectivity index (χ4v) is 1.79. The number of nitrogens with two attached hydrogens (primary N) is 1. The molecule has 1 aromatic heterocycles. The van der Waals surface area contributed by atoms with E-state index in [9.17, 15) is 4.39 Å². The highest BCUT2D eigenvalue weighted by molar-refractivity contribution is 7.80. The average Bonchev–Trinajstić information content (AvgIpc) is 2.77. The first-order valence-corrected chi connectivity index (χ1v) is 6.09. The zero-order valence-corrected chi connectivity index (χ0v) is 11.1. The molecule has 0 radical (unpaired) electrons. The standard InChI is InChI=1S/C12H13FN4OS/c1-7-16-11(18-17-7)4-5-15-10-3-2-8(13)6-9(10)12(14)19/h2-3,6,15H,4-5H2,1H3,(H2,14,19). The first-order chi connectivity index (χ1) is 9.06. The quantitative estimate of drug-likeness (QED) is 0.813. The topological polar surface area (TPSA) is 77.0 Å². The van der Waals surface area contributed by atoms with Crippen molar-refractivity contribution in [2.45, 2.75) is 13.3 Å². The van der Waals surface area contributed by atoms with Crippen LogP contribution in [0.1, 0.15) is 17.3 Å². The fraction of sp³-hybridized carbons (Fsp3) is 0.250. The van der Waals surface area contributed by atoms with Gasteiger partial charge in [-0.2, -0.15) is 4.98 Å². The predicted octanol–water partition coefficient (Wildman–Crippen LogP) is 1.81. The Bertz CT molecular complexity index is 599. The van der Waals surface area contributed by atoms with Crippen LogP contribution in [0.4, 0.5) is 10.1 Å². The number of benzene rings is 1. The van der Waals surface area contributed by atoms with Crippen LogP contribution in [0.3, 0.4) is 0 Å². The minimum Gasteiger partial charge on any atom is -0.389 e. The second kappa shape index (κ2) is 5.75. The van der Waals surface area contributed by atoms with Crippen LogP contribution in [0, 0.1) is 12.7 Å². The molecular formula is C12H13FN4OS. The van der Waals surface area contributed by atoms with Gasteiger partial charge in [-0.3, -0.25) is 0 Å². The largest absolute Gasteiger partial charge is 0.389 e. The molecule has 3 N–H and O–H groups in total. The van der Waals surface area contributed by atoms with E-state index < -0.39 is 0 Å². The molecule has 0 fully saturated rings. The highest BCUT2D eigenvalue weighted by atomic mass is 32.1. The molecule has 1 aromatic carbocycles. The molecule has 0 spiro atoms. The normalized spacial score (nSPS) is 10.4. The minimum atomic E-state index is -0.374. The zero-order chi connectivity index (χ0) is 13.8. The smallest absolute Gasteiger partial charge is 0.228 e. The summed E-state index contributed by atoms with van der Waals surface area (Å²) in [5.74, 6) is 0.769. The number of hydrogen-bond donors (Lipinski definition) is 2. The Morgan fingerprint density at radius 1 is 1.53 bits per heavy atom. The molecule has 2 rings (SSSR count). The Labute approximate surface area is 115 Å². The van der Waals surface area contributed by atoms with Gasteiger partial charge in [-0.1, -0.05) is 17.4 Å². The van der Waals surface area contributed by atoms with Gasteiger partial charge >= 0.3 is 0 Å². The van der Waals surface area contributed by atoms with Crippen molar-refractivity contribution in [2.24, 2.45) is 5.73 Å². The molecule has 100 valence electrons. The summed E-state index contributed by atoms with van der Waals surface area (Å²) < 4.78 is 18.1. The number of rotatable bonds is 5. The number of aromatic nitrogens is 2. The average molecular weight is 280 g/mol. The molecule has 0 atom stereocenters. The Hall–Kier alpha value is -2.02. The molecule has 0 amide bonds. The van der Waals surface area contributed by atoms with E-state index in [1.165, 1.54) is 12.1 Å². The van der Waals surface area contributed by atoms with E-state index in [2.05, 4.69) is 15.5 Å². The van der Waals surface area contributed by atoms with E-state index >= 15 is 0 Å². The fourth-order valence-electron chi connectivity index (χ4n) is 1.62. The molecule has 0 aliphatic carbocycles.